The van der Waals surface area contributed by atoms with Gasteiger partial charge in [0.2, 0.25) is 0 Å². The first-order valence-electron chi connectivity index (χ1n) is 6.83. The molecule has 0 aliphatic carbocycles. The van der Waals surface area contributed by atoms with Crippen molar-refractivity contribution < 1.29 is 19.8 Å². The van der Waals surface area contributed by atoms with E-state index in [0.29, 0.717) is 11.1 Å². The van der Waals surface area contributed by atoms with E-state index in [1.54, 1.807) is 24.3 Å². The predicted octanol–water partition coefficient (Wildman–Crippen LogP) is 4.00. The molecule has 22 heavy (non-hydrogen) atoms. The fourth-order valence-corrected chi connectivity index (χ4v) is 2.08. The largest absolute Gasteiger partial charge is 0.478 e. The second-order valence-electron chi connectivity index (χ2n) is 5.23. The maximum atomic E-state index is 10.6. The number of benzene rings is 2. The lowest BCUT2D eigenvalue weighted by Crippen LogP contribution is -2.00. The zero-order valence-corrected chi connectivity index (χ0v) is 13.2. The van der Waals surface area contributed by atoms with E-state index < -0.39 is 11.9 Å². The van der Waals surface area contributed by atoms with Crippen LogP contribution >= 0.6 is 0 Å². The number of carbonyl (C=O) groups is 2. The lowest BCUT2D eigenvalue weighted by Gasteiger charge is -2.02. The Hall–Kier alpha value is -2.62. The summed E-state index contributed by atoms with van der Waals surface area (Å²) in [4.78, 5) is 21.1. The van der Waals surface area contributed by atoms with Crippen molar-refractivity contribution in [1.29, 1.82) is 0 Å². The summed E-state index contributed by atoms with van der Waals surface area (Å²) in [5.41, 5.74) is 4.60. The number of aromatic carboxylic acids is 2. The zero-order valence-electron chi connectivity index (χ0n) is 13.2. The SMILES string of the molecule is Cc1cc(C)cc(C(=O)O)c1.Cc1cccc(C(=O)O)c1C. The number of rotatable bonds is 2. The molecule has 0 saturated carbocycles. The Bertz CT molecular complexity index is 682. The summed E-state index contributed by atoms with van der Waals surface area (Å²) in [5.74, 6) is -1.72. The van der Waals surface area contributed by atoms with Gasteiger partial charge in [0.1, 0.15) is 0 Å². The lowest BCUT2D eigenvalue weighted by atomic mass is 10.0. The fraction of sp³-hybridized carbons (Fsp3) is 0.222. The molecule has 2 aromatic rings. The molecule has 0 aliphatic rings. The van der Waals surface area contributed by atoms with Crippen LogP contribution in [0.2, 0.25) is 0 Å². The average molecular weight is 300 g/mol. The van der Waals surface area contributed by atoms with Crippen molar-refractivity contribution in [3.05, 3.63) is 69.8 Å². The summed E-state index contributed by atoms with van der Waals surface area (Å²) in [6.07, 6.45) is 0. The summed E-state index contributed by atoms with van der Waals surface area (Å²) < 4.78 is 0. The van der Waals surface area contributed by atoms with Crippen LogP contribution in [0.15, 0.2) is 36.4 Å². The van der Waals surface area contributed by atoms with Gasteiger partial charge in [-0.1, -0.05) is 29.3 Å². The van der Waals surface area contributed by atoms with E-state index >= 15 is 0 Å². The van der Waals surface area contributed by atoms with Crippen LogP contribution in [0.25, 0.3) is 0 Å². The maximum Gasteiger partial charge on any atom is 0.335 e. The first-order chi connectivity index (χ1) is 10.2. The summed E-state index contributed by atoms with van der Waals surface area (Å²) >= 11 is 0. The molecule has 0 unspecified atom stereocenters. The van der Waals surface area contributed by atoms with Crippen molar-refractivity contribution >= 4 is 11.9 Å². The molecule has 2 aromatic carbocycles. The van der Waals surface area contributed by atoms with Gasteiger partial charge in [0.05, 0.1) is 11.1 Å². The normalized spacial score (nSPS) is 9.64. The second kappa shape index (κ2) is 7.41. The molecular weight excluding hydrogens is 280 g/mol. The molecule has 0 aromatic heterocycles. The standard InChI is InChI=1S/2C9H10O2/c1-6-3-7(2)5-8(4-6)9(10)11;1-6-4-3-5-8(7(6)2)9(10)11/h2*3-5H,1-2H3,(H,10,11). The number of hydrogen-bond acceptors (Lipinski definition) is 2. The molecule has 0 bridgehead atoms. The van der Waals surface area contributed by atoms with E-state index in [9.17, 15) is 9.59 Å². The van der Waals surface area contributed by atoms with Crippen LogP contribution in [0.1, 0.15) is 43.0 Å². The molecule has 0 fully saturated rings. The van der Waals surface area contributed by atoms with E-state index in [1.807, 2.05) is 39.8 Å². The van der Waals surface area contributed by atoms with Gasteiger partial charge in [-0.3, -0.25) is 0 Å². The summed E-state index contributed by atoms with van der Waals surface area (Å²) in [5, 5.41) is 17.3. The average Bonchev–Trinajstić information content (AvgIpc) is 2.41. The molecule has 0 aliphatic heterocycles. The van der Waals surface area contributed by atoms with Crippen LogP contribution < -0.4 is 0 Å². The molecule has 116 valence electrons. The van der Waals surface area contributed by atoms with Gasteiger partial charge in [0, 0.05) is 0 Å². The minimum atomic E-state index is -0.864. The van der Waals surface area contributed by atoms with Gasteiger partial charge in [-0.2, -0.15) is 0 Å². The highest BCUT2D eigenvalue weighted by Crippen LogP contribution is 2.11. The van der Waals surface area contributed by atoms with Crippen molar-refractivity contribution in [3.8, 4) is 0 Å². The van der Waals surface area contributed by atoms with Crippen molar-refractivity contribution in [2.45, 2.75) is 27.7 Å². The van der Waals surface area contributed by atoms with Gasteiger partial charge >= 0.3 is 11.9 Å². The van der Waals surface area contributed by atoms with Crippen molar-refractivity contribution in [2.24, 2.45) is 0 Å². The third-order valence-electron chi connectivity index (χ3n) is 3.30. The molecule has 0 spiro atoms. The van der Waals surface area contributed by atoms with Gasteiger partial charge in [-0.05, 0) is 57.0 Å². The van der Waals surface area contributed by atoms with E-state index in [4.69, 9.17) is 10.2 Å². The van der Waals surface area contributed by atoms with E-state index in [2.05, 4.69) is 0 Å². The highest BCUT2D eigenvalue weighted by atomic mass is 16.4. The van der Waals surface area contributed by atoms with Crippen LogP contribution in [-0.2, 0) is 0 Å². The number of hydrogen-bond donors (Lipinski definition) is 2. The minimum absolute atomic E-state index is 0.363. The molecule has 2 rings (SSSR count). The second-order valence-corrected chi connectivity index (χ2v) is 5.23. The highest BCUT2D eigenvalue weighted by molar-refractivity contribution is 5.89. The third-order valence-corrected chi connectivity index (χ3v) is 3.30. The molecule has 0 saturated heterocycles. The smallest absolute Gasteiger partial charge is 0.335 e. The van der Waals surface area contributed by atoms with Gasteiger partial charge in [0.25, 0.3) is 0 Å². The number of carboxylic acid groups (broad SMARTS) is 2. The Labute approximate surface area is 130 Å². The van der Waals surface area contributed by atoms with Gasteiger partial charge < -0.3 is 10.2 Å². The Morgan fingerprint density at radius 2 is 1.36 bits per heavy atom. The predicted molar refractivity (Wildman–Crippen MR) is 85.8 cm³/mol. The first kappa shape index (κ1) is 17.4. The van der Waals surface area contributed by atoms with Crippen LogP contribution in [0.5, 0.6) is 0 Å². The maximum absolute atomic E-state index is 10.6. The number of aryl methyl sites for hydroxylation is 3. The van der Waals surface area contributed by atoms with Gasteiger partial charge in [-0.25, -0.2) is 9.59 Å². The molecule has 4 nitrogen and oxygen atoms in total. The van der Waals surface area contributed by atoms with Crippen LogP contribution in [0.3, 0.4) is 0 Å². The quantitative estimate of drug-likeness (QED) is 0.879. The Morgan fingerprint density at radius 3 is 1.77 bits per heavy atom. The Morgan fingerprint density at radius 1 is 0.818 bits per heavy atom. The zero-order chi connectivity index (χ0) is 16.9. The summed E-state index contributed by atoms with van der Waals surface area (Å²) in [7, 11) is 0. The Kier molecular flexibility index (Phi) is 5.87. The highest BCUT2D eigenvalue weighted by Gasteiger charge is 2.06. The van der Waals surface area contributed by atoms with Gasteiger partial charge in [0.15, 0.2) is 0 Å². The van der Waals surface area contributed by atoms with Crippen molar-refractivity contribution in [1.82, 2.24) is 0 Å². The minimum Gasteiger partial charge on any atom is -0.478 e. The van der Waals surface area contributed by atoms with Crippen molar-refractivity contribution in [2.75, 3.05) is 0 Å². The fourth-order valence-electron chi connectivity index (χ4n) is 2.08. The molecule has 0 amide bonds. The van der Waals surface area contributed by atoms with Crippen LogP contribution in [0.4, 0.5) is 0 Å². The third kappa shape index (κ3) is 4.74. The summed E-state index contributed by atoms with van der Waals surface area (Å²) in [6.45, 7) is 7.50. The molecule has 4 heteroatoms. The van der Waals surface area contributed by atoms with E-state index in [1.165, 1.54) is 0 Å². The van der Waals surface area contributed by atoms with E-state index in [0.717, 1.165) is 22.3 Å². The van der Waals surface area contributed by atoms with Crippen LogP contribution in [0, 0.1) is 27.7 Å². The molecule has 0 heterocycles. The molecule has 0 atom stereocenters. The molecule has 2 N–H and O–H groups in total. The summed E-state index contributed by atoms with van der Waals surface area (Å²) in [6, 6.07) is 10.6. The molecule has 0 radical (unpaired) electrons. The van der Waals surface area contributed by atoms with E-state index in [-0.39, 0.29) is 0 Å². The van der Waals surface area contributed by atoms with Crippen LogP contribution in [-0.4, -0.2) is 22.2 Å². The lowest BCUT2D eigenvalue weighted by molar-refractivity contribution is 0.0685. The molecular formula is C18H20O4. The Balaban J connectivity index is 0.000000220. The topological polar surface area (TPSA) is 74.6 Å². The monoisotopic (exact) mass is 300 g/mol. The van der Waals surface area contributed by atoms with Gasteiger partial charge in [-0.15, -0.1) is 0 Å². The number of carboxylic acids is 2. The van der Waals surface area contributed by atoms with Crippen molar-refractivity contribution in [3.63, 3.8) is 0 Å². The first-order valence-corrected chi connectivity index (χ1v) is 6.83.